The van der Waals surface area contributed by atoms with Crippen molar-refractivity contribution in [3.63, 3.8) is 0 Å². The number of halogens is 1. The van der Waals surface area contributed by atoms with Gasteiger partial charge in [0.05, 0.1) is 6.04 Å². The van der Waals surface area contributed by atoms with Gasteiger partial charge in [-0.2, -0.15) is 0 Å². The van der Waals surface area contributed by atoms with Gasteiger partial charge in [-0.15, -0.1) is 12.4 Å². The Kier molecular flexibility index (Phi) is 7.93. The van der Waals surface area contributed by atoms with Gasteiger partial charge in [0, 0.05) is 20.0 Å². The van der Waals surface area contributed by atoms with Gasteiger partial charge in [-0.3, -0.25) is 9.59 Å². The Morgan fingerprint density at radius 1 is 1.38 bits per heavy atom. The Hall–Kier alpha value is -0.810. The number of carbonyl (C=O) groups excluding carboxylic acids is 2. The van der Waals surface area contributed by atoms with Crippen molar-refractivity contribution in [3.05, 3.63) is 0 Å². The molecule has 94 valence electrons. The summed E-state index contributed by atoms with van der Waals surface area (Å²) in [6, 6.07) is -0.0663. The molecule has 0 unspecified atom stereocenters. The van der Waals surface area contributed by atoms with Gasteiger partial charge in [0.1, 0.15) is 0 Å². The number of hydrogen-bond acceptors (Lipinski definition) is 3. The summed E-state index contributed by atoms with van der Waals surface area (Å²) >= 11 is 0. The topological polar surface area (TPSA) is 70.2 Å². The van der Waals surface area contributed by atoms with Crippen molar-refractivity contribution in [1.82, 2.24) is 16.0 Å². The van der Waals surface area contributed by atoms with Crippen molar-refractivity contribution in [1.29, 1.82) is 0 Å². The third kappa shape index (κ3) is 5.32. The third-order valence-corrected chi connectivity index (χ3v) is 2.56. The normalized spacial score (nSPS) is 19.4. The van der Waals surface area contributed by atoms with Crippen molar-refractivity contribution in [3.8, 4) is 0 Å². The van der Waals surface area contributed by atoms with Crippen LogP contribution < -0.4 is 16.0 Å². The molecule has 1 heterocycles. The van der Waals surface area contributed by atoms with Gasteiger partial charge in [-0.25, -0.2) is 0 Å². The molecule has 0 bridgehead atoms. The van der Waals surface area contributed by atoms with Crippen LogP contribution in [0.15, 0.2) is 0 Å². The Bertz CT molecular complexity index is 230. The monoisotopic (exact) mass is 249 g/mol. The lowest BCUT2D eigenvalue weighted by Gasteiger charge is -2.22. The van der Waals surface area contributed by atoms with Crippen LogP contribution in [0.4, 0.5) is 0 Å². The van der Waals surface area contributed by atoms with E-state index in [1.165, 1.54) is 0 Å². The van der Waals surface area contributed by atoms with Crippen LogP contribution in [0.5, 0.6) is 0 Å². The lowest BCUT2D eigenvalue weighted by Crippen LogP contribution is -2.47. The fourth-order valence-corrected chi connectivity index (χ4v) is 1.62. The molecule has 0 saturated carbocycles. The maximum Gasteiger partial charge on any atom is 0.237 e. The summed E-state index contributed by atoms with van der Waals surface area (Å²) in [5.41, 5.74) is 0. The molecule has 1 rings (SSSR count). The standard InChI is InChI=1S/C10H19N3O2.ClH/c1-11-9(14)5-7-13-10(15)8-4-2-3-6-12-8;/h8,12H,2-7H2,1H3,(H,11,14)(H,13,15);1H/t8-;/m0./s1. The molecule has 0 aromatic heterocycles. The minimum absolute atomic E-state index is 0. The summed E-state index contributed by atoms with van der Waals surface area (Å²) in [5, 5.41) is 8.43. The van der Waals surface area contributed by atoms with E-state index in [1.54, 1.807) is 7.05 Å². The average Bonchev–Trinajstić information content (AvgIpc) is 2.29. The first-order valence-corrected chi connectivity index (χ1v) is 5.45. The second kappa shape index (κ2) is 8.35. The number of nitrogens with one attached hydrogen (secondary N) is 3. The van der Waals surface area contributed by atoms with Crippen LogP contribution in [0.25, 0.3) is 0 Å². The summed E-state index contributed by atoms with van der Waals surface area (Å²) in [5.74, 6) is -0.0366. The summed E-state index contributed by atoms with van der Waals surface area (Å²) in [4.78, 5) is 22.5. The van der Waals surface area contributed by atoms with Gasteiger partial charge in [-0.1, -0.05) is 6.42 Å². The van der Waals surface area contributed by atoms with Crippen molar-refractivity contribution in [2.45, 2.75) is 31.7 Å². The molecule has 1 saturated heterocycles. The zero-order valence-electron chi connectivity index (χ0n) is 9.54. The van der Waals surface area contributed by atoms with E-state index in [0.717, 1.165) is 25.8 Å². The highest BCUT2D eigenvalue weighted by molar-refractivity contribution is 5.85. The second-order valence-electron chi connectivity index (χ2n) is 3.72. The molecule has 0 radical (unpaired) electrons. The summed E-state index contributed by atoms with van der Waals surface area (Å²) in [6.07, 6.45) is 3.48. The zero-order valence-corrected chi connectivity index (χ0v) is 10.4. The molecule has 1 fully saturated rings. The van der Waals surface area contributed by atoms with Crippen molar-refractivity contribution in [2.24, 2.45) is 0 Å². The van der Waals surface area contributed by atoms with E-state index in [0.29, 0.717) is 13.0 Å². The summed E-state index contributed by atoms with van der Waals surface area (Å²) in [7, 11) is 1.59. The quantitative estimate of drug-likeness (QED) is 0.647. The van der Waals surface area contributed by atoms with Crippen molar-refractivity contribution < 1.29 is 9.59 Å². The minimum atomic E-state index is -0.0663. The molecule has 0 aromatic carbocycles. The Morgan fingerprint density at radius 3 is 2.69 bits per heavy atom. The first-order chi connectivity index (χ1) is 7.24. The van der Waals surface area contributed by atoms with Crippen LogP contribution in [0.3, 0.4) is 0 Å². The van der Waals surface area contributed by atoms with Crippen LogP contribution in [0.1, 0.15) is 25.7 Å². The number of rotatable bonds is 4. The van der Waals surface area contributed by atoms with Gasteiger partial charge in [0.2, 0.25) is 11.8 Å². The summed E-state index contributed by atoms with van der Waals surface area (Å²) in [6.45, 7) is 1.32. The SMILES string of the molecule is CNC(=O)CCNC(=O)[C@@H]1CCCCN1.Cl. The minimum Gasteiger partial charge on any atom is -0.359 e. The number of carbonyl (C=O) groups is 2. The first kappa shape index (κ1) is 15.2. The van der Waals surface area contributed by atoms with Gasteiger partial charge < -0.3 is 16.0 Å². The van der Waals surface area contributed by atoms with Gasteiger partial charge in [0.25, 0.3) is 0 Å². The molecule has 5 nitrogen and oxygen atoms in total. The van der Waals surface area contributed by atoms with E-state index in [4.69, 9.17) is 0 Å². The molecule has 1 atom stereocenters. The second-order valence-corrected chi connectivity index (χ2v) is 3.72. The molecule has 16 heavy (non-hydrogen) atoms. The third-order valence-electron chi connectivity index (χ3n) is 2.56. The highest BCUT2D eigenvalue weighted by Crippen LogP contribution is 2.06. The van der Waals surface area contributed by atoms with Crippen LogP contribution in [-0.4, -0.2) is 38.0 Å². The molecule has 6 heteroatoms. The predicted molar refractivity (Wildman–Crippen MR) is 64.6 cm³/mol. The van der Waals surface area contributed by atoms with E-state index in [-0.39, 0.29) is 30.3 Å². The van der Waals surface area contributed by atoms with Crippen LogP contribution in [0, 0.1) is 0 Å². The predicted octanol–water partition coefficient (Wildman–Crippen LogP) is -0.197. The van der Waals surface area contributed by atoms with E-state index >= 15 is 0 Å². The molecule has 1 aliphatic rings. The Balaban J connectivity index is 0.00000225. The van der Waals surface area contributed by atoms with E-state index in [2.05, 4.69) is 16.0 Å². The fourth-order valence-electron chi connectivity index (χ4n) is 1.62. The fraction of sp³-hybridized carbons (Fsp3) is 0.800. The zero-order chi connectivity index (χ0) is 11.1. The highest BCUT2D eigenvalue weighted by atomic mass is 35.5. The molecule has 0 aliphatic carbocycles. The van der Waals surface area contributed by atoms with Crippen molar-refractivity contribution >= 4 is 24.2 Å². The van der Waals surface area contributed by atoms with E-state index < -0.39 is 0 Å². The van der Waals surface area contributed by atoms with E-state index in [1.807, 2.05) is 0 Å². The van der Waals surface area contributed by atoms with Crippen molar-refractivity contribution in [2.75, 3.05) is 20.1 Å². The Morgan fingerprint density at radius 2 is 2.12 bits per heavy atom. The molecule has 1 aliphatic heterocycles. The number of hydrogen-bond donors (Lipinski definition) is 3. The summed E-state index contributed by atoms with van der Waals surface area (Å²) < 4.78 is 0. The maximum absolute atomic E-state index is 11.6. The van der Waals surface area contributed by atoms with Gasteiger partial charge in [0.15, 0.2) is 0 Å². The first-order valence-electron chi connectivity index (χ1n) is 5.45. The lowest BCUT2D eigenvalue weighted by atomic mass is 10.0. The number of amides is 2. The van der Waals surface area contributed by atoms with Gasteiger partial charge >= 0.3 is 0 Å². The molecule has 0 aromatic rings. The number of piperidine rings is 1. The highest BCUT2D eigenvalue weighted by Gasteiger charge is 2.19. The molecular formula is C10H20ClN3O2. The van der Waals surface area contributed by atoms with Crippen LogP contribution in [0.2, 0.25) is 0 Å². The molecule has 2 amide bonds. The largest absolute Gasteiger partial charge is 0.359 e. The smallest absolute Gasteiger partial charge is 0.237 e. The molecule has 0 spiro atoms. The maximum atomic E-state index is 11.6. The molecular weight excluding hydrogens is 230 g/mol. The molecule has 3 N–H and O–H groups in total. The average molecular weight is 250 g/mol. The van der Waals surface area contributed by atoms with E-state index in [9.17, 15) is 9.59 Å². The van der Waals surface area contributed by atoms with Crippen LogP contribution >= 0.6 is 12.4 Å². The van der Waals surface area contributed by atoms with Crippen LogP contribution in [-0.2, 0) is 9.59 Å². The Labute approximate surface area is 102 Å². The lowest BCUT2D eigenvalue weighted by molar-refractivity contribution is -0.124. The van der Waals surface area contributed by atoms with Gasteiger partial charge in [-0.05, 0) is 19.4 Å².